The summed E-state index contributed by atoms with van der Waals surface area (Å²) in [5, 5.41) is 0. The Kier molecular flexibility index (Phi) is 4.68. The first-order valence-corrected chi connectivity index (χ1v) is 9.18. The third-order valence-corrected chi connectivity index (χ3v) is 4.71. The zero-order chi connectivity index (χ0) is 15.6. The molecular formula is C15H22N2O3S. The number of carbonyl (C=O) groups is 1. The van der Waals surface area contributed by atoms with Crippen molar-refractivity contribution in [3.63, 3.8) is 0 Å². The van der Waals surface area contributed by atoms with Gasteiger partial charge in [-0.3, -0.25) is 4.79 Å². The Balaban J connectivity index is 2.14. The van der Waals surface area contributed by atoms with Crippen LogP contribution in [0.15, 0.2) is 18.2 Å². The SMILES string of the molecule is Cc1ccc2c(c1)CCCN2C(=O)C(N)CCS(C)(=O)=O. The molecule has 1 heterocycles. The number of anilines is 1. The van der Waals surface area contributed by atoms with E-state index in [-0.39, 0.29) is 18.1 Å². The summed E-state index contributed by atoms with van der Waals surface area (Å²) >= 11 is 0. The molecule has 0 radical (unpaired) electrons. The van der Waals surface area contributed by atoms with E-state index in [1.54, 1.807) is 4.90 Å². The number of fused-ring (bicyclic) bond motifs is 1. The van der Waals surface area contributed by atoms with Gasteiger partial charge in [0.05, 0.1) is 11.8 Å². The number of amides is 1. The molecule has 0 saturated carbocycles. The lowest BCUT2D eigenvalue weighted by molar-refractivity contribution is -0.119. The molecule has 0 spiro atoms. The van der Waals surface area contributed by atoms with Crippen LogP contribution >= 0.6 is 0 Å². The quantitative estimate of drug-likeness (QED) is 0.901. The number of rotatable bonds is 4. The van der Waals surface area contributed by atoms with Gasteiger partial charge in [0.1, 0.15) is 9.84 Å². The monoisotopic (exact) mass is 310 g/mol. The summed E-state index contributed by atoms with van der Waals surface area (Å²) in [5.41, 5.74) is 9.12. The summed E-state index contributed by atoms with van der Waals surface area (Å²) < 4.78 is 22.4. The molecule has 0 saturated heterocycles. The van der Waals surface area contributed by atoms with E-state index in [1.165, 1.54) is 5.56 Å². The fourth-order valence-corrected chi connectivity index (χ4v) is 3.30. The molecule has 1 aliphatic rings. The molecule has 5 nitrogen and oxygen atoms in total. The van der Waals surface area contributed by atoms with Gasteiger partial charge in [-0.25, -0.2) is 8.42 Å². The molecule has 0 fully saturated rings. The van der Waals surface area contributed by atoms with E-state index in [1.807, 2.05) is 19.1 Å². The molecule has 1 aliphatic heterocycles. The molecular weight excluding hydrogens is 288 g/mol. The number of hydrogen-bond acceptors (Lipinski definition) is 4. The molecule has 1 atom stereocenters. The Bertz CT molecular complexity index is 640. The first kappa shape index (κ1) is 16.0. The first-order valence-electron chi connectivity index (χ1n) is 7.12. The van der Waals surface area contributed by atoms with E-state index in [4.69, 9.17) is 5.73 Å². The molecule has 2 N–H and O–H groups in total. The first-order chi connectivity index (χ1) is 9.78. The maximum absolute atomic E-state index is 12.5. The van der Waals surface area contributed by atoms with Crippen LogP contribution in [0.5, 0.6) is 0 Å². The topological polar surface area (TPSA) is 80.5 Å². The number of nitrogens with zero attached hydrogens (tertiary/aromatic N) is 1. The molecule has 1 aromatic rings. The van der Waals surface area contributed by atoms with Crippen LogP contribution in [0.1, 0.15) is 24.0 Å². The van der Waals surface area contributed by atoms with Crippen molar-refractivity contribution < 1.29 is 13.2 Å². The number of aryl methyl sites for hydroxylation is 2. The standard InChI is InChI=1S/C15H22N2O3S/c1-11-5-6-14-12(10-11)4-3-8-17(14)15(18)13(16)7-9-21(2,19)20/h5-6,10,13H,3-4,7-9,16H2,1-2H3. The van der Waals surface area contributed by atoms with Gasteiger partial charge < -0.3 is 10.6 Å². The van der Waals surface area contributed by atoms with Crippen molar-refractivity contribution in [2.75, 3.05) is 23.5 Å². The number of nitrogens with two attached hydrogens (primary N) is 1. The minimum atomic E-state index is -3.10. The van der Waals surface area contributed by atoms with Crippen molar-refractivity contribution in [3.8, 4) is 0 Å². The van der Waals surface area contributed by atoms with Gasteiger partial charge in [0.2, 0.25) is 5.91 Å². The Morgan fingerprint density at radius 3 is 2.81 bits per heavy atom. The predicted molar refractivity (Wildman–Crippen MR) is 84.2 cm³/mol. The van der Waals surface area contributed by atoms with Crippen molar-refractivity contribution in [2.24, 2.45) is 5.73 Å². The van der Waals surface area contributed by atoms with Crippen LogP contribution in [0, 0.1) is 6.92 Å². The van der Waals surface area contributed by atoms with Crippen LogP contribution in [0.25, 0.3) is 0 Å². The van der Waals surface area contributed by atoms with Crippen molar-refractivity contribution in [1.29, 1.82) is 0 Å². The summed E-state index contributed by atoms with van der Waals surface area (Å²) in [5.74, 6) is -0.252. The van der Waals surface area contributed by atoms with Crippen LogP contribution in [0.3, 0.4) is 0 Å². The lowest BCUT2D eigenvalue weighted by Crippen LogP contribution is -2.46. The Morgan fingerprint density at radius 1 is 1.43 bits per heavy atom. The molecule has 2 rings (SSSR count). The van der Waals surface area contributed by atoms with Gasteiger partial charge in [0.15, 0.2) is 0 Å². The fourth-order valence-electron chi connectivity index (χ4n) is 2.62. The molecule has 6 heteroatoms. The van der Waals surface area contributed by atoms with Crippen LogP contribution < -0.4 is 10.6 Å². The molecule has 116 valence electrons. The third-order valence-electron chi connectivity index (χ3n) is 3.74. The smallest absolute Gasteiger partial charge is 0.243 e. The Morgan fingerprint density at radius 2 is 2.14 bits per heavy atom. The van der Waals surface area contributed by atoms with E-state index >= 15 is 0 Å². The molecule has 1 amide bonds. The van der Waals surface area contributed by atoms with Gasteiger partial charge in [-0.1, -0.05) is 17.7 Å². The van der Waals surface area contributed by atoms with Gasteiger partial charge in [0, 0.05) is 18.5 Å². The summed E-state index contributed by atoms with van der Waals surface area (Å²) in [6, 6.07) is 5.25. The van der Waals surface area contributed by atoms with E-state index in [2.05, 4.69) is 6.07 Å². The van der Waals surface area contributed by atoms with E-state index in [9.17, 15) is 13.2 Å². The Labute approximate surface area is 126 Å². The second-order valence-electron chi connectivity index (χ2n) is 5.75. The zero-order valence-electron chi connectivity index (χ0n) is 12.5. The van der Waals surface area contributed by atoms with Gasteiger partial charge in [-0.05, 0) is 37.8 Å². The molecule has 21 heavy (non-hydrogen) atoms. The largest absolute Gasteiger partial charge is 0.320 e. The van der Waals surface area contributed by atoms with Crippen molar-refractivity contribution in [1.82, 2.24) is 0 Å². The maximum Gasteiger partial charge on any atom is 0.243 e. The van der Waals surface area contributed by atoms with E-state index in [0.29, 0.717) is 6.54 Å². The summed E-state index contributed by atoms with van der Waals surface area (Å²) in [7, 11) is -3.10. The van der Waals surface area contributed by atoms with Crippen molar-refractivity contribution in [3.05, 3.63) is 29.3 Å². The summed E-state index contributed by atoms with van der Waals surface area (Å²) in [6.45, 7) is 2.67. The number of sulfone groups is 1. The van der Waals surface area contributed by atoms with Crippen molar-refractivity contribution >= 4 is 21.4 Å². The van der Waals surface area contributed by atoms with Gasteiger partial charge >= 0.3 is 0 Å². The predicted octanol–water partition coefficient (Wildman–Crippen LogP) is 1.04. The fraction of sp³-hybridized carbons (Fsp3) is 0.533. The average molecular weight is 310 g/mol. The second-order valence-corrected chi connectivity index (χ2v) is 8.01. The van der Waals surface area contributed by atoms with Crippen LogP contribution in [-0.4, -0.2) is 38.9 Å². The van der Waals surface area contributed by atoms with Crippen LogP contribution in [0.2, 0.25) is 0 Å². The highest BCUT2D eigenvalue weighted by molar-refractivity contribution is 7.90. The summed E-state index contributed by atoms with van der Waals surface area (Å²) in [4.78, 5) is 14.2. The second kappa shape index (κ2) is 6.15. The number of carbonyl (C=O) groups excluding carboxylic acids is 1. The van der Waals surface area contributed by atoms with Gasteiger partial charge in [0.25, 0.3) is 0 Å². The van der Waals surface area contributed by atoms with E-state index < -0.39 is 15.9 Å². The normalized spacial score (nSPS) is 16.4. The lowest BCUT2D eigenvalue weighted by Gasteiger charge is -2.31. The highest BCUT2D eigenvalue weighted by Gasteiger charge is 2.27. The van der Waals surface area contributed by atoms with Crippen LogP contribution in [0.4, 0.5) is 5.69 Å². The van der Waals surface area contributed by atoms with E-state index in [0.717, 1.165) is 30.3 Å². The minimum absolute atomic E-state index is 0.0610. The van der Waals surface area contributed by atoms with Crippen molar-refractivity contribution in [2.45, 2.75) is 32.2 Å². The third kappa shape index (κ3) is 4.04. The molecule has 0 aliphatic carbocycles. The highest BCUT2D eigenvalue weighted by atomic mass is 32.2. The molecule has 1 aromatic carbocycles. The molecule has 0 bridgehead atoms. The average Bonchev–Trinajstić information content (AvgIpc) is 2.42. The zero-order valence-corrected chi connectivity index (χ0v) is 13.3. The van der Waals surface area contributed by atoms with Crippen LogP contribution in [-0.2, 0) is 21.1 Å². The van der Waals surface area contributed by atoms with Gasteiger partial charge in [-0.15, -0.1) is 0 Å². The minimum Gasteiger partial charge on any atom is -0.320 e. The molecule has 0 aromatic heterocycles. The molecule has 1 unspecified atom stereocenters. The highest BCUT2D eigenvalue weighted by Crippen LogP contribution is 2.28. The number of hydrogen-bond donors (Lipinski definition) is 1. The lowest BCUT2D eigenvalue weighted by atomic mass is 9.98. The maximum atomic E-state index is 12.5. The number of benzene rings is 1. The Hall–Kier alpha value is -1.40. The van der Waals surface area contributed by atoms with Gasteiger partial charge in [-0.2, -0.15) is 0 Å². The summed E-state index contributed by atoms with van der Waals surface area (Å²) in [6.07, 6.45) is 3.18.